The maximum Gasteiger partial charge on any atom is 0.305 e. The molecule has 4 N–H and O–H groups in total. The monoisotopic (exact) mass is 831 g/mol. The van der Waals surface area contributed by atoms with Crippen LogP contribution in [0.3, 0.4) is 0 Å². The van der Waals surface area contributed by atoms with Gasteiger partial charge in [0.05, 0.1) is 29.5 Å². The number of likely N-dealkylation sites (tertiary alicyclic amines) is 2. The molecule has 3 aromatic heterocycles. The number of benzene rings is 2. The van der Waals surface area contributed by atoms with Crippen LogP contribution in [0.15, 0.2) is 71.3 Å². The van der Waals surface area contributed by atoms with Crippen LogP contribution >= 0.6 is 0 Å². The van der Waals surface area contributed by atoms with Gasteiger partial charge in [0.2, 0.25) is 11.8 Å². The molecule has 2 aromatic carbocycles. The van der Waals surface area contributed by atoms with E-state index < -0.39 is 23.6 Å². The summed E-state index contributed by atoms with van der Waals surface area (Å²) >= 11 is 0. The molecule has 61 heavy (non-hydrogen) atoms. The summed E-state index contributed by atoms with van der Waals surface area (Å²) in [6, 6.07) is 15.5. The highest BCUT2D eigenvalue weighted by Crippen LogP contribution is 2.49. The average molecular weight is 832 g/mol. The third kappa shape index (κ3) is 9.14. The standard InChI is InChI=1S/C45H47F2N9O5/c1-45(2)33(29-5-3-6-31(20-29)51-41-38-35(52-42(54-41)40(46)47)19-27(22-50-38)24-56-16-12-32(57)25-56)7-4-8-34(45)44-53-36-18-26(17-30(21-48)39(36)61-44)23-55-14-10-28(11-15-55)43(60)49-13-9-37(58)59/h3-8,17-20,22,28,32,34,40,57H,9-16,23-25H2,1-2H3,(H,49,60)(H,58,59)(H,51,52,54)/t32?,34-/m0/s1. The molecule has 0 saturated carbocycles. The molecule has 0 spiro atoms. The second-order valence-corrected chi connectivity index (χ2v) is 16.6. The number of anilines is 2. The average Bonchev–Trinajstić information content (AvgIpc) is 3.85. The molecular formula is C45H47F2N9O5. The highest BCUT2D eigenvalue weighted by molar-refractivity contribution is 5.88. The van der Waals surface area contributed by atoms with Gasteiger partial charge in [0.15, 0.2) is 17.2 Å². The molecule has 8 rings (SSSR count). The van der Waals surface area contributed by atoms with E-state index in [1.54, 1.807) is 12.3 Å². The van der Waals surface area contributed by atoms with E-state index in [1.807, 2.05) is 54.6 Å². The zero-order valence-electron chi connectivity index (χ0n) is 33.9. The first-order chi connectivity index (χ1) is 29.3. The number of hydrogen-bond acceptors (Lipinski definition) is 12. The third-order valence-electron chi connectivity index (χ3n) is 11.9. The van der Waals surface area contributed by atoms with Crippen LogP contribution in [0, 0.1) is 22.7 Å². The number of carbonyl (C=O) groups is 2. The third-order valence-corrected chi connectivity index (χ3v) is 11.9. The number of piperidine rings is 1. The van der Waals surface area contributed by atoms with Crippen LogP contribution in [0.4, 0.5) is 20.3 Å². The number of oxazole rings is 1. The Labute approximate surface area is 351 Å². The zero-order chi connectivity index (χ0) is 42.8. The molecule has 16 heteroatoms. The minimum Gasteiger partial charge on any atom is -0.481 e. The highest BCUT2D eigenvalue weighted by Gasteiger charge is 2.38. The van der Waals surface area contributed by atoms with E-state index in [2.05, 4.69) is 55.3 Å². The van der Waals surface area contributed by atoms with Crippen LogP contribution in [-0.4, -0.2) is 90.7 Å². The summed E-state index contributed by atoms with van der Waals surface area (Å²) in [6.07, 6.45) is 6.34. The van der Waals surface area contributed by atoms with E-state index in [1.165, 1.54) is 0 Å². The number of nitriles is 1. The summed E-state index contributed by atoms with van der Waals surface area (Å²) in [7, 11) is 0. The van der Waals surface area contributed by atoms with Crippen molar-refractivity contribution in [1.29, 1.82) is 5.26 Å². The number of allylic oxidation sites excluding steroid dienone is 4. The first kappa shape index (κ1) is 41.6. The molecule has 5 heterocycles. The Bertz CT molecular complexity index is 2580. The summed E-state index contributed by atoms with van der Waals surface area (Å²) in [6.45, 7) is 8.07. The van der Waals surface area contributed by atoms with Crippen molar-refractivity contribution >= 4 is 51.1 Å². The quantitative estimate of drug-likeness (QED) is 0.0964. The first-order valence-corrected chi connectivity index (χ1v) is 20.5. The Kier molecular flexibility index (Phi) is 11.9. The van der Waals surface area contributed by atoms with Gasteiger partial charge in [-0.3, -0.25) is 24.4 Å². The molecule has 316 valence electrons. The van der Waals surface area contributed by atoms with E-state index in [9.17, 15) is 28.7 Å². The van der Waals surface area contributed by atoms with Crippen molar-refractivity contribution in [2.75, 3.05) is 38.0 Å². The van der Waals surface area contributed by atoms with Crippen LogP contribution in [0.1, 0.15) is 85.8 Å². The van der Waals surface area contributed by atoms with Gasteiger partial charge in [-0.1, -0.05) is 44.2 Å². The van der Waals surface area contributed by atoms with Gasteiger partial charge < -0.3 is 25.3 Å². The maximum atomic E-state index is 14.1. The number of nitrogens with zero attached hydrogens (tertiary/aromatic N) is 7. The topological polar surface area (TPSA) is 194 Å². The van der Waals surface area contributed by atoms with E-state index in [4.69, 9.17) is 14.5 Å². The Morgan fingerprint density at radius 2 is 1.79 bits per heavy atom. The smallest absolute Gasteiger partial charge is 0.305 e. The minimum atomic E-state index is -2.89. The largest absolute Gasteiger partial charge is 0.481 e. The van der Waals surface area contributed by atoms with Gasteiger partial charge in [-0.15, -0.1) is 0 Å². The molecule has 0 radical (unpaired) electrons. The lowest BCUT2D eigenvalue weighted by molar-refractivity contribution is -0.137. The van der Waals surface area contributed by atoms with Crippen molar-refractivity contribution in [3.63, 3.8) is 0 Å². The first-order valence-electron chi connectivity index (χ1n) is 20.5. The number of amides is 1. The molecule has 2 aliphatic heterocycles. The number of alkyl halides is 2. The Balaban J connectivity index is 0.986. The van der Waals surface area contributed by atoms with Crippen LogP contribution in [0.5, 0.6) is 0 Å². The lowest BCUT2D eigenvalue weighted by Gasteiger charge is -2.35. The van der Waals surface area contributed by atoms with Crippen LogP contribution in [0.25, 0.3) is 27.7 Å². The number of aromatic nitrogens is 4. The number of hydrogen-bond donors (Lipinski definition) is 4. The number of carboxylic acid groups (broad SMARTS) is 1. The van der Waals surface area contributed by atoms with E-state index in [0.29, 0.717) is 91.3 Å². The summed E-state index contributed by atoms with van der Waals surface area (Å²) in [5, 5.41) is 34.9. The number of aliphatic carboxylic acids is 1. The number of aliphatic hydroxyl groups is 1. The van der Waals surface area contributed by atoms with E-state index >= 15 is 0 Å². The number of β-amino-alcohol motifs (C(OH)–C–C–N with tert-alkyl or cyclic N) is 1. The number of carboxylic acids is 1. The molecule has 2 atom stereocenters. The number of pyridine rings is 1. The molecule has 3 aliphatic rings. The fourth-order valence-corrected chi connectivity index (χ4v) is 8.67. The Morgan fingerprint density at radius 3 is 2.52 bits per heavy atom. The maximum absolute atomic E-state index is 14.1. The van der Waals surface area contributed by atoms with Gasteiger partial charge >= 0.3 is 5.97 Å². The normalized spacial score (nSPS) is 19.7. The molecule has 1 unspecified atom stereocenters. The van der Waals surface area contributed by atoms with Gasteiger partial charge in [0.1, 0.15) is 17.1 Å². The van der Waals surface area contributed by atoms with Crippen LogP contribution < -0.4 is 10.6 Å². The lowest BCUT2D eigenvalue weighted by Crippen LogP contribution is -2.40. The minimum absolute atomic E-state index is 0.108. The second kappa shape index (κ2) is 17.4. The number of fused-ring (bicyclic) bond motifs is 2. The number of carbonyl (C=O) groups excluding carboxylic acids is 1. The Hall–Kier alpha value is -6.15. The van der Waals surface area contributed by atoms with Gasteiger partial charge in [0, 0.05) is 55.9 Å². The van der Waals surface area contributed by atoms with Crippen molar-refractivity contribution < 1.29 is 33.0 Å². The lowest BCUT2D eigenvalue weighted by atomic mass is 9.68. The molecular weight excluding hydrogens is 785 g/mol. The van der Waals surface area contributed by atoms with Crippen LogP contribution in [-0.2, 0) is 22.7 Å². The van der Waals surface area contributed by atoms with Crippen LogP contribution in [0.2, 0.25) is 0 Å². The van der Waals surface area contributed by atoms with Crippen molar-refractivity contribution in [2.45, 2.75) is 71.1 Å². The van der Waals surface area contributed by atoms with E-state index in [-0.39, 0.29) is 42.6 Å². The molecule has 2 fully saturated rings. The molecule has 1 amide bonds. The predicted octanol–water partition coefficient (Wildman–Crippen LogP) is 6.85. The van der Waals surface area contributed by atoms with Gasteiger partial charge in [-0.25, -0.2) is 23.7 Å². The summed E-state index contributed by atoms with van der Waals surface area (Å²) < 4.78 is 34.6. The second-order valence-electron chi connectivity index (χ2n) is 16.6. The van der Waals surface area contributed by atoms with Crippen molar-refractivity contribution in [1.82, 2.24) is 35.1 Å². The predicted molar refractivity (Wildman–Crippen MR) is 224 cm³/mol. The number of halogens is 2. The summed E-state index contributed by atoms with van der Waals surface area (Å²) in [4.78, 5) is 45.5. The molecule has 0 bridgehead atoms. The molecule has 5 aromatic rings. The van der Waals surface area contributed by atoms with Crippen molar-refractivity contribution in [3.05, 3.63) is 101 Å². The van der Waals surface area contributed by atoms with Crippen molar-refractivity contribution in [2.24, 2.45) is 11.3 Å². The summed E-state index contributed by atoms with van der Waals surface area (Å²) in [5.41, 5.74) is 5.71. The zero-order valence-corrected chi connectivity index (χ0v) is 33.9. The van der Waals surface area contributed by atoms with E-state index in [0.717, 1.165) is 28.8 Å². The Morgan fingerprint density at radius 1 is 1.02 bits per heavy atom. The SMILES string of the molecule is CC1(C)C(c2cccc(Nc3nc(C(F)F)nc4cc(CN5CCC(O)C5)cnc34)c2)=CC=C[C@H]1c1nc2cc(CN3CCC(C(=O)NCCC(=O)O)CC3)cc(C#N)c2o1. The van der Waals surface area contributed by atoms with Gasteiger partial charge in [-0.05, 0) is 84.9 Å². The number of aliphatic hydroxyl groups excluding tert-OH is 1. The fourth-order valence-electron chi connectivity index (χ4n) is 8.67. The van der Waals surface area contributed by atoms with Gasteiger partial charge in [0.25, 0.3) is 6.43 Å². The summed E-state index contributed by atoms with van der Waals surface area (Å²) in [5.74, 6) is -1.50. The highest BCUT2D eigenvalue weighted by atomic mass is 19.3. The number of rotatable bonds is 13. The number of nitrogens with one attached hydrogen (secondary N) is 2. The molecule has 1 aliphatic carbocycles. The molecule has 14 nitrogen and oxygen atoms in total. The molecule has 2 saturated heterocycles. The van der Waals surface area contributed by atoms with Crippen molar-refractivity contribution in [3.8, 4) is 6.07 Å². The fraction of sp³-hybridized carbons (Fsp3) is 0.400. The van der Waals surface area contributed by atoms with Gasteiger partial charge in [-0.2, -0.15) is 5.26 Å².